The first-order chi connectivity index (χ1) is 17.4. The van der Waals surface area contributed by atoms with Gasteiger partial charge in [-0.05, 0) is 48.2 Å². The van der Waals surface area contributed by atoms with Crippen molar-refractivity contribution in [1.82, 2.24) is 10.1 Å². The van der Waals surface area contributed by atoms with E-state index >= 15 is 0 Å². The molecule has 2 fully saturated rings. The lowest BCUT2D eigenvalue weighted by molar-refractivity contribution is -0.270. The monoisotopic (exact) mass is 496 g/mol. The second kappa shape index (κ2) is 11.3. The zero-order valence-electron chi connectivity index (χ0n) is 20.2. The lowest BCUT2D eigenvalue weighted by Crippen LogP contribution is -2.65. The van der Waals surface area contributed by atoms with Gasteiger partial charge in [0.05, 0.1) is 37.4 Å². The summed E-state index contributed by atoms with van der Waals surface area (Å²) in [5.41, 5.74) is 2.30. The van der Waals surface area contributed by atoms with Gasteiger partial charge in [0.15, 0.2) is 0 Å². The van der Waals surface area contributed by atoms with Crippen molar-refractivity contribution >= 4 is 23.8 Å². The Balaban J connectivity index is 1.41. The highest BCUT2D eigenvalue weighted by Crippen LogP contribution is 2.32. The van der Waals surface area contributed by atoms with Gasteiger partial charge in [-0.25, -0.2) is 19.7 Å². The van der Waals surface area contributed by atoms with Gasteiger partial charge in [-0.3, -0.25) is 19.3 Å². The number of fused-ring (bicyclic) bond motifs is 1. The Morgan fingerprint density at radius 2 is 1.06 bits per heavy atom. The number of carbonyl (C=O) groups is 4. The maximum atomic E-state index is 13.0. The number of nitrogens with zero attached hydrogens (tertiary/aromatic N) is 2. The minimum absolute atomic E-state index is 0.0666. The van der Waals surface area contributed by atoms with Crippen molar-refractivity contribution in [2.45, 2.75) is 51.0 Å². The second-order valence-electron chi connectivity index (χ2n) is 8.60. The van der Waals surface area contributed by atoms with Crippen LogP contribution in [0, 0.1) is 0 Å². The standard InChI is InChI=1S/C26H28N2O8/c1-33-25(31)19-11-7-17(8-12-19)15-35-27-21-5-3-4-6-22(21)28(24(30)23(27)29)36-16-18-9-13-20(14-10-18)26(32)34-2/h7-14,21-22H,3-6,15-16H2,1-2H3/t21-,22-/m0/s1. The molecule has 36 heavy (non-hydrogen) atoms. The molecular formula is C26H28N2O8. The lowest BCUT2D eigenvalue weighted by Gasteiger charge is -2.46. The van der Waals surface area contributed by atoms with E-state index in [0.29, 0.717) is 24.0 Å². The molecule has 1 saturated carbocycles. The highest BCUT2D eigenvalue weighted by Gasteiger charge is 2.49. The zero-order valence-corrected chi connectivity index (χ0v) is 20.2. The molecule has 2 aromatic carbocycles. The fourth-order valence-electron chi connectivity index (χ4n) is 4.44. The van der Waals surface area contributed by atoms with E-state index in [1.807, 2.05) is 0 Å². The molecule has 2 atom stereocenters. The minimum atomic E-state index is -0.787. The third-order valence-electron chi connectivity index (χ3n) is 6.37. The van der Waals surface area contributed by atoms with Crippen LogP contribution in [0.4, 0.5) is 0 Å². The molecular weight excluding hydrogens is 468 g/mol. The molecule has 1 aliphatic heterocycles. The predicted octanol–water partition coefficient (Wildman–Crippen LogP) is 2.81. The number of hydrogen-bond donors (Lipinski definition) is 0. The zero-order chi connectivity index (χ0) is 25.7. The largest absolute Gasteiger partial charge is 0.465 e. The lowest BCUT2D eigenvalue weighted by atomic mass is 9.88. The normalized spacial score (nSPS) is 19.6. The van der Waals surface area contributed by atoms with Gasteiger partial charge in [0.1, 0.15) is 13.2 Å². The summed E-state index contributed by atoms with van der Waals surface area (Å²) in [4.78, 5) is 60.8. The smallest absolute Gasteiger partial charge is 0.338 e. The summed E-state index contributed by atoms with van der Waals surface area (Å²) in [6.45, 7) is 0.133. The van der Waals surface area contributed by atoms with Gasteiger partial charge >= 0.3 is 23.8 Å². The van der Waals surface area contributed by atoms with Gasteiger partial charge in [0, 0.05) is 0 Å². The van der Waals surface area contributed by atoms with E-state index in [0.717, 1.165) is 24.0 Å². The van der Waals surface area contributed by atoms with E-state index < -0.39 is 23.8 Å². The summed E-state index contributed by atoms with van der Waals surface area (Å²) >= 11 is 0. The van der Waals surface area contributed by atoms with Gasteiger partial charge in [-0.15, -0.1) is 0 Å². The van der Waals surface area contributed by atoms with Crippen molar-refractivity contribution in [3.05, 3.63) is 70.8 Å². The fourth-order valence-corrected chi connectivity index (χ4v) is 4.44. The Kier molecular flexibility index (Phi) is 7.97. The molecule has 4 rings (SSSR count). The van der Waals surface area contributed by atoms with Crippen LogP contribution in [0.5, 0.6) is 0 Å². The van der Waals surface area contributed by atoms with Crippen molar-refractivity contribution in [2.24, 2.45) is 0 Å². The molecule has 0 N–H and O–H groups in total. The Bertz CT molecular complexity index is 1030. The first kappa shape index (κ1) is 25.3. The molecule has 2 aliphatic rings. The van der Waals surface area contributed by atoms with Gasteiger partial charge in [0.2, 0.25) is 0 Å². The molecule has 10 nitrogen and oxygen atoms in total. The number of rotatable bonds is 8. The summed E-state index contributed by atoms with van der Waals surface area (Å²) in [6.07, 6.45) is 3.16. The molecule has 1 heterocycles. The molecule has 2 aromatic rings. The highest BCUT2D eigenvalue weighted by atomic mass is 16.7. The quantitative estimate of drug-likeness (QED) is 0.405. The van der Waals surface area contributed by atoms with E-state index in [2.05, 4.69) is 0 Å². The first-order valence-corrected chi connectivity index (χ1v) is 11.7. The topological polar surface area (TPSA) is 112 Å². The number of benzene rings is 2. The summed E-state index contributed by atoms with van der Waals surface area (Å²) in [6, 6.07) is 12.6. The van der Waals surface area contributed by atoms with Crippen LogP contribution < -0.4 is 0 Å². The van der Waals surface area contributed by atoms with Gasteiger partial charge < -0.3 is 9.47 Å². The number of hydroxylamine groups is 4. The van der Waals surface area contributed by atoms with Crippen molar-refractivity contribution in [1.29, 1.82) is 0 Å². The Hall–Kier alpha value is -3.76. The predicted molar refractivity (Wildman–Crippen MR) is 125 cm³/mol. The molecule has 2 amide bonds. The van der Waals surface area contributed by atoms with Gasteiger partial charge in [-0.2, -0.15) is 0 Å². The van der Waals surface area contributed by atoms with Crippen LogP contribution in [0.25, 0.3) is 0 Å². The third-order valence-corrected chi connectivity index (χ3v) is 6.37. The van der Waals surface area contributed by atoms with Crippen LogP contribution in [0.1, 0.15) is 57.5 Å². The van der Waals surface area contributed by atoms with Crippen LogP contribution in [-0.4, -0.2) is 60.2 Å². The van der Waals surface area contributed by atoms with Crippen LogP contribution >= 0.6 is 0 Å². The summed E-state index contributed by atoms with van der Waals surface area (Å²) < 4.78 is 9.40. The number of methoxy groups -OCH3 is 2. The number of ether oxygens (including phenoxy) is 2. The molecule has 0 spiro atoms. The maximum Gasteiger partial charge on any atom is 0.338 e. The van der Waals surface area contributed by atoms with Crippen molar-refractivity contribution < 1.29 is 38.3 Å². The summed E-state index contributed by atoms with van der Waals surface area (Å²) in [5, 5.41) is 2.37. The Morgan fingerprint density at radius 1 is 0.694 bits per heavy atom. The molecule has 0 radical (unpaired) electrons. The average Bonchev–Trinajstić information content (AvgIpc) is 2.93. The molecule has 10 heteroatoms. The number of hydrogen-bond acceptors (Lipinski definition) is 8. The van der Waals surface area contributed by atoms with Crippen molar-refractivity contribution in [3.8, 4) is 0 Å². The van der Waals surface area contributed by atoms with Crippen LogP contribution in [0.15, 0.2) is 48.5 Å². The van der Waals surface area contributed by atoms with Crippen molar-refractivity contribution in [2.75, 3.05) is 14.2 Å². The van der Waals surface area contributed by atoms with Gasteiger partial charge in [-0.1, -0.05) is 37.1 Å². The molecule has 1 saturated heterocycles. The fraction of sp³-hybridized carbons (Fsp3) is 0.385. The Morgan fingerprint density at radius 3 is 1.39 bits per heavy atom. The van der Waals surface area contributed by atoms with E-state index in [9.17, 15) is 19.2 Å². The van der Waals surface area contributed by atoms with Gasteiger partial charge in [0.25, 0.3) is 0 Å². The minimum Gasteiger partial charge on any atom is -0.465 e. The summed E-state index contributed by atoms with van der Waals surface area (Å²) in [7, 11) is 2.62. The van der Waals surface area contributed by atoms with Crippen molar-refractivity contribution in [3.63, 3.8) is 0 Å². The molecule has 190 valence electrons. The maximum absolute atomic E-state index is 13.0. The van der Waals surface area contributed by atoms with E-state index in [1.165, 1.54) is 24.3 Å². The average molecular weight is 497 g/mol. The van der Waals surface area contributed by atoms with Crippen LogP contribution in [-0.2, 0) is 42.0 Å². The van der Waals surface area contributed by atoms with Crippen LogP contribution in [0.3, 0.4) is 0 Å². The number of amides is 2. The third kappa shape index (κ3) is 5.39. The number of piperazine rings is 1. The second-order valence-corrected chi connectivity index (χ2v) is 8.60. The SMILES string of the molecule is COC(=O)c1ccc(CON2C(=O)C(=O)N(OCc3ccc(C(=O)OC)cc3)[C@H]3CCCC[C@@H]32)cc1. The number of carbonyl (C=O) groups excluding carboxylic acids is 4. The Labute approximate surface area is 208 Å². The highest BCUT2D eigenvalue weighted by molar-refractivity contribution is 6.35. The summed E-state index contributed by atoms with van der Waals surface area (Å²) in [5.74, 6) is -2.46. The van der Waals surface area contributed by atoms with E-state index in [1.54, 1.807) is 48.5 Å². The first-order valence-electron chi connectivity index (χ1n) is 11.7. The molecule has 1 aliphatic carbocycles. The van der Waals surface area contributed by atoms with E-state index in [4.69, 9.17) is 19.1 Å². The van der Waals surface area contributed by atoms with E-state index in [-0.39, 0.29) is 25.3 Å². The number of esters is 2. The molecule has 0 bridgehead atoms. The van der Waals surface area contributed by atoms with Crippen LogP contribution in [0.2, 0.25) is 0 Å². The molecule has 0 unspecified atom stereocenters. The molecule has 0 aromatic heterocycles.